The maximum atomic E-state index is 12.5. The van der Waals surface area contributed by atoms with Gasteiger partial charge in [0.05, 0.1) is 25.5 Å². The summed E-state index contributed by atoms with van der Waals surface area (Å²) in [5, 5.41) is 6.13. The largest absolute Gasteiger partial charge is 0.494 e. The first-order chi connectivity index (χ1) is 18.5. The van der Waals surface area contributed by atoms with Crippen molar-refractivity contribution < 1.29 is 28.5 Å². The predicted molar refractivity (Wildman–Crippen MR) is 145 cm³/mol. The summed E-state index contributed by atoms with van der Waals surface area (Å²) in [6.07, 6.45) is 0.702. The van der Waals surface area contributed by atoms with Gasteiger partial charge in [0.25, 0.3) is 5.91 Å². The van der Waals surface area contributed by atoms with Crippen molar-refractivity contribution in [3.63, 3.8) is 0 Å². The van der Waals surface area contributed by atoms with E-state index in [2.05, 4.69) is 10.5 Å². The Morgan fingerprint density at radius 1 is 0.895 bits per heavy atom. The van der Waals surface area contributed by atoms with E-state index in [4.69, 9.17) is 18.9 Å². The molecular formula is C30H28N2O6. The minimum absolute atomic E-state index is 0.255. The summed E-state index contributed by atoms with van der Waals surface area (Å²) in [4.78, 5) is 25.0. The van der Waals surface area contributed by atoms with Crippen molar-refractivity contribution in [2.24, 2.45) is 5.10 Å². The second-order valence-electron chi connectivity index (χ2n) is 8.26. The Balaban J connectivity index is 1.34. The summed E-state index contributed by atoms with van der Waals surface area (Å²) in [5.74, 6) is 0.933. The summed E-state index contributed by atoms with van der Waals surface area (Å²) < 4.78 is 22.0. The third-order valence-corrected chi connectivity index (χ3v) is 5.58. The van der Waals surface area contributed by atoms with Gasteiger partial charge in [0.15, 0.2) is 17.6 Å². The standard InChI is InChI=1S/C30H28N2O6/c1-4-36-25-13-11-23(12-14-25)30(34)38-27-16-9-21(17-28(27)35-3)19-31-32-29(33)20(2)37-26-15-10-22-7-5-6-8-24(22)18-26/h5-20H,4H2,1-3H3,(H,32,33)/b31-19-/t20-/m1/s1. The molecule has 0 spiro atoms. The number of ether oxygens (including phenoxy) is 4. The maximum Gasteiger partial charge on any atom is 0.343 e. The third-order valence-electron chi connectivity index (χ3n) is 5.58. The average Bonchev–Trinajstić information content (AvgIpc) is 2.94. The van der Waals surface area contributed by atoms with E-state index in [0.29, 0.717) is 35.0 Å². The van der Waals surface area contributed by atoms with E-state index in [1.165, 1.54) is 13.3 Å². The number of amides is 1. The molecule has 0 saturated carbocycles. The molecule has 38 heavy (non-hydrogen) atoms. The number of carbonyl (C=O) groups excluding carboxylic acids is 2. The van der Waals surface area contributed by atoms with Gasteiger partial charge in [-0.15, -0.1) is 0 Å². The second kappa shape index (κ2) is 12.4. The molecule has 0 bridgehead atoms. The van der Waals surface area contributed by atoms with E-state index in [-0.39, 0.29) is 5.75 Å². The molecule has 4 aromatic rings. The van der Waals surface area contributed by atoms with E-state index < -0.39 is 18.0 Å². The topological polar surface area (TPSA) is 95.5 Å². The van der Waals surface area contributed by atoms with Crippen molar-refractivity contribution in [3.05, 3.63) is 96.1 Å². The van der Waals surface area contributed by atoms with Gasteiger partial charge in [-0.05, 0) is 84.8 Å². The van der Waals surface area contributed by atoms with Crippen molar-refractivity contribution in [1.29, 1.82) is 0 Å². The van der Waals surface area contributed by atoms with Crippen LogP contribution in [0.3, 0.4) is 0 Å². The number of hydrogen-bond acceptors (Lipinski definition) is 7. The molecule has 194 valence electrons. The van der Waals surface area contributed by atoms with Crippen LogP contribution in [-0.4, -0.2) is 37.9 Å². The number of nitrogens with one attached hydrogen (secondary N) is 1. The van der Waals surface area contributed by atoms with Gasteiger partial charge in [-0.25, -0.2) is 10.2 Å². The molecule has 0 aliphatic heterocycles. The molecule has 0 unspecified atom stereocenters. The van der Waals surface area contributed by atoms with E-state index in [9.17, 15) is 9.59 Å². The van der Waals surface area contributed by atoms with Crippen LogP contribution in [0.15, 0.2) is 90.0 Å². The number of carbonyl (C=O) groups is 2. The molecule has 1 N–H and O–H groups in total. The van der Waals surface area contributed by atoms with E-state index in [0.717, 1.165) is 10.8 Å². The van der Waals surface area contributed by atoms with Gasteiger partial charge in [0, 0.05) is 0 Å². The first-order valence-corrected chi connectivity index (χ1v) is 12.1. The normalized spacial score (nSPS) is 11.7. The molecule has 0 saturated heterocycles. The molecule has 0 aromatic heterocycles. The maximum absolute atomic E-state index is 12.5. The molecule has 0 aliphatic rings. The van der Waals surface area contributed by atoms with E-state index in [1.807, 2.05) is 49.4 Å². The van der Waals surface area contributed by atoms with Crippen LogP contribution in [0.2, 0.25) is 0 Å². The molecule has 8 nitrogen and oxygen atoms in total. The van der Waals surface area contributed by atoms with Crippen LogP contribution in [0, 0.1) is 0 Å². The highest BCUT2D eigenvalue weighted by molar-refractivity contribution is 5.92. The van der Waals surface area contributed by atoms with Crippen LogP contribution < -0.4 is 24.4 Å². The Kier molecular flexibility index (Phi) is 8.56. The highest BCUT2D eigenvalue weighted by Crippen LogP contribution is 2.28. The Labute approximate surface area is 220 Å². The van der Waals surface area contributed by atoms with Crippen LogP contribution >= 0.6 is 0 Å². The highest BCUT2D eigenvalue weighted by Gasteiger charge is 2.15. The zero-order chi connectivity index (χ0) is 26.9. The number of benzene rings is 4. The van der Waals surface area contributed by atoms with Crippen LogP contribution in [0.5, 0.6) is 23.0 Å². The number of hydrazone groups is 1. The van der Waals surface area contributed by atoms with Gasteiger partial charge in [0.2, 0.25) is 0 Å². The summed E-state index contributed by atoms with van der Waals surface area (Å²) in [5.41, 5.74) is 3.49. The fraction of sp³-hybridized carbons (Fsp3) is 0.167. The van der Waals surface area contributed by atoms with E-state index in [1.54, 1.807) is 49.4 Å². The summed E-state index contributed by atoms with van der Waals surface area (Å²) in [6, 6.07) is 25.2. The van der Waals surface area contributed by atoms with Gasteiger partial charge >= 0.3 is 5.97 Å². The Morgan fingerprint density at radius 3 is 2.37 bits per heavy atom. The summed E-state index contributed by atoms with van der Waals surface area (Å²) in [6.45, 7) is 4.08. The lowest BCUT2D eigenvalue weighted by molar-refractivity contribution is -0.127. The van der Waals surface area contributed by atoms with E-state index >= 15 is 0 Å². The number of rotatable bonds is 10. The third kappa shape index (κ3) is 6.67. The lowest BCUT2D eigenvalue weighted by atomic mass is 10.1. The number of fused-ring (bicyclic) bond motifs is 1. The van der Waals surface area contributed by atoms with Crippen molar-refractivity contribution in [2.45, 2.75) is 20.0 Å². The summed E-state index contributed by atoms with van der Waals surface area (Å²) in [7, 11) is 1.47. The zero-order valence-electron chi connectivity index (χ0n) is 21.3. The van der Waals surface area contributed by atoms with Gasteiger partial charge in [-0.2, -0.15) is 5.10 Å². The minimum Gasteiger partial charge on any atom is -0.494 e. The van der Waals surface area contributed by atoms with Gasteiger partial charge in [-0.3, -0.25) is 4.79 Å². The molecule has 0 aliphatic carbocycles. The zero-order valence-corrected chi connectivity index (χ0v) is 21.3. The van der Waals surface area contributed by atoms with Gasteiger partial charge in [0.1, 0.15) is 11.5 Å². The second-order valence-corrected chi connectivity index (χ2v) is 8.26. The molecule has 1 amide bonds. The Morgan fingerprint density at radius 2 is 1.63 bits per heavy atom. The minimum atomic E-state index is -0.757. The van der Waals surface area contributed by atoms with Crippen molar-refractivity contribution in [1.82, 2.24) is 5.43 Å². The molecular weight excluding hydrogens is 484 g/mol. The number of hydrogen-bond donors (Lipinski definition) is 1. The highest BCUT2D eigenvalue weighted by atomic mass is 16.6. The lowest BCUT2D eigenvalue weighted by Gasteiger charge is -2.13. The molecule has 4 aromatic carbocycles. The van der Waals surface area contributed by atoms with Gasteiger partial charge < -0.3 is 18.9 Å². The SMILES string of the molecule is CCOc1ccc(C(=O)Oc2ccc(/C=N\NC(=O)[C@@H](C)Oc3ccc4ccccc4c3)cc2OC)cc1. The number of esters is 1. The van der Waals surface area contributed by atoms with Crippen LogP contribution in [0.1, 0.15) is 29.8 Å². The molecule has 8 heteroatoms. The van der Waals surface area contributed by atoms with Crippen LogP contribution in [-0.2, 0) is 4.79 Å². The average molecular weight is 513 g/mol. The molecule has 4 rings (SSSR count). The lowest BCUT2D eigenvalue weighted by Crippen LogP contribution is -2.33. The Hall–Kier alpha value is -4.85. The van der Waals surface area contributed by atoms with Gasteiger partial charge in [-0.1, -0.05) is 30.3 Å². The van der Waals surface area contributed by atoms with Crippen LogP contribution in [0.4, 0.5) is 0 Å². The molecule has 0 fully saturated rings. The first kappa shape index (κ1) is 26.2. The molecule has 0 heterocycles. The summed E-state index contributed by atoms with van der Waals surface area (Å²) >= 11 is 0. The quantitative estimate of drug-likeness (QED) is 0.133. The first-order valence-electron chi connectivity index (χ1n) is 12.1. The predicted octanol–water partition coefficient (Wildman–Crippen LogP) is 5.38. The van der Waals surface area contributed by atoms with Crippen molar-refractivity contribution in [3.8, 4) is 23.0 Å². The molecule has 1 atom stereocenters. The number of methoxy groups -OCH3 is 1. The van der Waals surface area contributed by atoms with Crippen molar-refractivity contribution >= 4 is 28.9 Å². The monoisotopic (exact) mass is 512 g/mol. The van der Waals surface area contributed by atoms with Crippen molar-refractivity contribution in [2.75, 3.05) is 13.7 Å². The Bertz CT molecular complexity index is 1450. The fourth-order valence-electron chi connectivity index (χ4n) is 3.62. The smallest absolute Gasteiger partial charge is 0.343 e. The molecule has 0 radical (unpaired) electrons. The number of nitrogens with zero attached hydrogens (tertiary/aromatic N) is 1. The van der Waals surface area contributed by atoms with Crippen LogP contribution in [0.25, 0.3) is 10.8 Å². The fourth-order valence-corrected chi connectivity index (χ4v) is 3.62.